The highest BCUT2D eigenvalue weighted by Gasteiger charge is 2.35. The van der Waals surface area contributed by atoms with E-state index in [0.29, 0.717) is 16.2 Å². The molecule has 28 heavy (non-hydrogen) atoms. The summed E-state index contributed by atoms with van der Waals surface area (Å²) in [7, 11) is 2.70. The van der Waals surface area contributed by atoms with Gasteiger partial charge in [-0.05, 0) is 23.8 Å². The minimum Gasteiger partial charge on any atom is -0.497 e. The number of hydrogen-bond acceptors (Lipinski definition) is 8. The number of para-hydroxylation sites is 1. The van der Waals surface area contributed by atoms with Crippen LogP contribution >= 0.6 is 11.8 Å². The molecular formula is C19H19NO7S. The Labute approximate surface area is 165 Å². The molecule has 8 nitrogen and oxygen atoms in total. The number of carbonyl (C=O) groups excluding carboxylic acids is 2. The number of methoxy groups -OCH3 is 2. The van der Waals surface area contributed by atoms with Gasteiger partial charge < -0.3 is 14.2 Å². The predicted molar refractivity (Wildman–Crippen MR) is 102 cm³/mol. The fourth-order valence-corrected chi connectivity index (χ4v) is 3.75. The van der Waals surface area contributed by atoms with Crippen molar-refractivity contribution in [3.05, 3.63) is 64.2 Å². The van der Waals surface area contributed by atoms with E-state index < -0.39 is 28.2 Å². The van der Waals surface area contributed by atoms with Crippen molar-refractivity contribution in [2.24, 2.45) is 0 Å². The summed E-state index contributed by atoms with van der Waals surface area (Å²) in [5.41, 5.74) is 0.498. The van der Waals surface area contributed by atoms with Gasteiger partial charge in [0.15, 0.2) is 0 Å². The number of thioether (sulfide) groups is 1. The van der Waals surface area contributed by atoms with Gasteiger partial charge in [0.25, 0.3) is 5.69 Å². The van der Waals surface area contributed by atoms with E-state index in [2.05, 4.69) is 0 Å². The second kappa shape index (κ2) is 9.75. The van der Waals surface area contributed by atoms with E-state index in [9.17, 15) is 19.7 Å². The lowest BCUT2D eigenvalue weighted by molar-refractivity contribution is -0.387. The predicted octanol–water partition coefficient (Wildman–Crippen LogP) is 3.54. The van der Waals surface area contributed by atoms with Crippen LogP contribution in [-0.2, 0) is 19.1 Å². The Morgan fingerprint density at radius 1 is 1.07 bits per heavy atom. The van der Waals surface area contributed by atoms with Gasteiger partial charge in [-0.1, -0.05) is 24.3 Å². The van der Waals surface area contributed by atoms with E-state index in [0.717, 1.165) is 11.8 Å². The molecule has 0 saturated heterocycles. The standard InChI is InChI=1S/C19H19NO7S/c1-12(21)27-17(19(22)26-3)18(13-8-10-14(25-2)11-9-13)28-16-7-5-4-6-15(16)20(23)24/h4-11,17-18H,1-3H3/t17-,18+/m1/s1. The molecule has 0 aliphatic heterocycles. The summed E-state index contributed by atoms with van der Waals surface area (Å²) in [4.78, 5) is 35.1. The molecule has 0 heterocycles. The number of ether oxygens (including phenoxy) is 3. The van der Waals surface area contributed by atoms with Crippen molar-refractivity contribution in [2.45, 2.75) is 23.2 Å². The number of nitrogens with zero attached hydrogens (tertiary/aromatic N) is 1. The molecule has 0 fully saturated rings. The maximum Gasteiger partial charge on any atom is 0.348 e. The van der Waals surface area contributed by atoms with Crippen LogP contribution in [0.1, 0.15) is 17.7 Å². The maximum atomic E-state index is 12.3. The number of nitro groups is 1. The molecule has 2 aromatic rings. The minimum atomic E-state index is -1.29. The molecule has 0 amide bonds. The fraction of sp³-hybridized carbons (Fsp3) is 0.263. The lowest BCUT2D eigenvalue weighted by Crippen LogP contribution is -2.32. The first-order chi connectivity index (χ1) is 13.4. The van der Waals surface area contributed by atoms with Crippen molar-refractivity contribution < 1.29 is 28.7 Å². The van der Waals surface area contributed by atoms with E-state index >= 15 is 0 Å². The third-order valence-corrected chi connectivity index (χ3v) is 5.13. The first-order valence-electron chi connectivity index (χ1n) is 8.16. The molecule has 9 heteroatoms. The van der Waals surface area contributed by atoms with Gasteiger partial charge in [0.1, 0.15) is 5.75 Å². The smallest absolute Gasteiger partial charge is 0.348 e. The third kappa shape index (κ3) is 5.23. The summed E-state index contributed by atoms with van der Waals surface area (Å²) < 4.78 is 15.1. The van der Waals surface area contributed by atoms with Crippen LogP contribution < -0.4 is 4.74 Å². The average Bonchev–Trinajstić information content (AvgIpc) is 2.70. The van der Waals surface area contributed by atoms with Gasteiger partial charge in [0, 0.05) is 13.0 Å². The van der Waals surface area contributed by atoms with Crippen molar-refractivity contribution in [3.63, 3.8) is 0 Å². The summed E-state index contributed by atoms with van der Waals surface area (Å²) in [5, 5.41) is 10.6. The molecule has 0 radical (unpaired) electrons. The summed E-state index contributed by atoms with van der Waals surface area (Å²) in [6.45, 7) is 1.18. The van der Waals surface area contributed by atoms with Crippen molar-refractivity contribution in [1.82, 2.24) is 0 Å². The van der Waals surface area contributed by atoms with Gasteiger partial charge in [0.05, 0.1) is 29.3 Å². The first-order valence-corrected chi connectivity index (χ1v) is 9.04. The Hall–Kier alpha value is -3.07. The number of hydrogen-bond donors (Lipinski definition) is 0. The van der Waals surface area contributed by atoms with E-state index in [1.807, 2.05) is 0 Å². The SMILES string of the molecule is COC(=O)[C@H](OC(C)=O)[C@@H](Sc1ccccc1[N+](=O)[O-])c1ccc(OC)cc1. The zero-order chi connectivity index (χ0) is 20.7. The maximum absolute atomic E-state index is 12.3. The highest BCUT2D eigenvalue weighted by atomic mass is 32.2. The van der Waals surface area contributed by atoms with Crippen molar-refractivity contribution in [1.29, 1.82) is 0 Å². The largest absolute Gasteiger partial charge is 0.497 e. The summed E-state index contributed by atoms with van der Waals surface area (Å²) >= 11 is 1.04. The first kappa shape index (κ1) is 21.2. The van der Waals surface area contributed by atoms with E-state index in [1.165, 1.54) is 27.2 Å². The number of benzene rings is 2. The molecule has 0 saturated carbocycles. The van der Waals surface area contributed by atoms with Crippen molar-refractivity contribution in [3.8, 4) is 5.75 Å². The Morgan fingerprint density at radius 3 is 2.25 bits per heavy atom. The van der Waals surface area contributed by atoms with Gasteiger partial charge >= 0.3 is 11.9 Å². The van der Waals surface area contributed by atoms with Gasteiger partial charge in [-0.3, -0.25) is 14.9 Å². The number of rotatable bonds is 8. The van der Waals surface area contributed by atoms with E-state index in [1.54, 1.807) is 42.5 Å². The van der Waals surface area contributed by atoms with Crippen LogP contribution in [0, 0.1) is 10.1 Å². The number of esters is 2. The Morgan fingerprint density at radius 2 is 1.71 bits per heavy atom. The second-order valence-corrected chi connectivity index (χ2v) is 6.77. The van der Waals surface area contributed by atoms with E-state index in [4.69, 9.17) is 14.2 Å². The second-order valence-electron chi connectivity index (χ2n) is 5.59. The van der Waals surface area contributed by atoms with Crippen LogP contribution in [-0.4, -0.2) is 37.2 Å². The molecule has 2 atom stereocenters. The van der Waals surface area contributed by atoms with Crippen molar-refractivity contribution >= 4 is 29.4 Å². The van der Waals surface area contributed by atoms with Crippen LogP contribution in [0.5, 0.6) is 5.75 Å². The molecule has 0 bridgehead atoms. The molecule has 2 rings (SSSR count). The average molecular weight is 405 g/mol. The summed E-state index contributed by atoms with van der Waals surface area (Å²) in [6, 6.07) is 12.9. The molecule has 0 aliphatic rings. The molecule has 2 aromatic carbocycles. The van der Waals surface area contributed by atoms with Gasteiger partial charge in [0.2, 0.25) is 6.10 Å². The molecule has 0 spiro atoms. The molecule has 0 N–H and O–H groups in total. The number of nitro benzene ring substituents is 1. The zero-order valence-corrected chi connectivity index (χ0v) is 16.3. The van der Waals surface area contributed by atoms with Gasteiger partial charge in [-0.25, -0.2) is 4.79 Å². The summed E-state index contributed by atoms with van der Waals surface area (Å²) in [6.07, 6.45) is -1.29. The van der Waals surface area contributed by atoms with Crippen LogP contribution in [0.2, 0.25) is 0 Å². The number of carbonyl (C=O) groups is 2. The van der Waals surface area contributed by atoms with Crippen LogP contribution in [0.25, 0.3) is 0 Å². The lowest BCUT2D eigenvalue weighted by Gasteiger charge is -2.25. The molecule has 148 valence electrons. The van der Waals surface area contributed by atoms with Crippen molar-refractivity contribution in [2.75, 3.05) is 14.2 Å². The Bertz CT molecular complexity index is 854. The summed E-state index contributed by atoms with van der Waals surface area (Å²) in [5.74, 6) is -0.834. The molecular weight excluding hydrogens is 386 g/mol. The van der Waals surface area contributed by atoms with Crippen LogP contribution in [0.3, 0.4) is 0 Å². The van der Waals surface area contributed by atoms with Crippen LogP contribution in [0.4, 0.5) is 5.69 Å². The zero-order valence-electron chi connectivity index (χ0n) is 15.5. The Balaban J connectivity index is 2.52. The van der Waals surface area contributed by atoms with Gasteiger partial charge in [-0.15, -0.1) is 11.8 Å². The quantitative estimate of drug-likeness (QED) is 0.284. The molecule has 0 aliphatic carbocycles. The highest BCUT2D eigenvalue weighted by Crippen LogP contribution is 2.43. The normalized spacial score (nSPS) is 12.5. The Kier molecular flexibility index (Phi) is 7.39. The van der Waals surface area contributed by atoms with E-state index in [-0.39, 0.29) is 5.69 Å². The molecule has 0 unspecified atom stereocenters. The monoisotopic (exact) mass is 405 g/mol. The lowest BCUT2D eigenvalue weighted by atomic mass is 10.1. The van der Waals surface area contributed by atoms with Crippen LogP contribution in [0.15, 0.2) is 53.4 Å². The minimum absolute atomic E-state index is 0.113. The topological polar surface area (TPSA) is 105 Å². The highest BCUT2D eigenvalue weighted by molar-refractivity contribution is 7.99. The fourth-order valence-electron chi connectivity index (χ4n) is 2.47. The third-order valence-electron chi connectivity index (χ3n) is 3.76. The van der Waals surface area contributed by atoms with Gasteiger partial charge in [-0.2, -0.15) is 0 Å². The molecule has 0 aromatic heterocycles.